The molecule has 1 aromatic carbocycles. The molecule has 1 amide bonds. The fourth-order valence-electron chi connectivity index (χ4n) is 2.39. The quantitative estimate of drug-likeness (QED) is 0.819. The highest BCUT2D eigenvalue weighted by molar-refractivity contribution is 7.89. The van der Waals surface area contributed by atoms with Crippen LogP contribution in [0, 0.1) is 13.8 Å². The number of aromatic nitrogens is 2. The number of amides is 1. The molecule has 8 heteroatoms. The first-order chi connectivity index (χ1) is 11.2. The number of carbonyl (C=O) groups is 1. The fraction of sp³-hybridized carbons (Fsp3) is 0.375. The van der Waals surface area contributed by atoms with Gasteiger partial charge < -0.3 is 5.32 Å². The van der Waals surface area contributed by atoms with Crippen LogP contribution in [0.3, 0.4) is 0 Å². The molecule has 2 rings (SSSR count). The number of hydrogen-bond acceptors (Lipinski definition) is 4. The van der Waals surface area contributed by atoms with Gasteiger partial charge in [0.1, 0.15) is 0 Å². The molecule has 1 heterocycles. The topological polar surface area (TPSA) is 93.1 Å². The summed E-state index contributed by atoms with van der Waals surface area (Å²) in [4.78, 5) is 12.6. The average Bonchev–Trinajstić information content (AvgIpc) is 3.02. The van der Waals surface area contributed by atoms with E-state index in [1.54, 1.807) is 30.8 Å². The maximum absolute atomic E-state index is 12.5. The summed E-state index contributed by atoms with van der Waals surface area (Å²) in [7, 11) is -2.27. The second-order valence-electron chi connectivity index (χ2n) is 5.73. The van der Waals surface area contributed by atoms with Crippen molar-refractivity contribution in [3.8, 4) is 0 Å². The summed E-state index contributed by atoms with van der Waals surface area (Å²) in [6.45, 7) is 5.91. The zero-order chi connectivity index (χ0) is 17.9. The first-order valence-corrected chi connectivity index (χ1v) is 9.06. The molecule has 2 aromatic rings. The second kappa shape index (κ2) is 7.14. The van der Waals surface area contributed by atoms with E-state index in [0.29, 0.717) is 17.7 Å². The number of carbonyl (C=O) groups excluding carboxylic acids is 1. The van der Waals surface area contributed by atoms with Crippen molar-refractivity contribution in [2.24, 2.45) is 0 Å². The predicted octanol–water partition coefficient (Wildman–Crippen LogP) is 1.23. The number of hydrogen-bond donors (Lipinski definition) is 2. The van der Waals surface area contributed by atoms with Crippen molar-refractivity contribution < 1.29 is 13.2 Å². The Hall–Kier alpha value is -2.19. The van der Waals surface area contributed by atoms with Gasteiger partial charge in [-0.2, -0.15) is 5.10 Å². The lowest BCUT2D eigenvalue weighted by molar-refractivity contribution is 0.0935. The van der Waals surface area contributed by atoms with Crippen LogP contribution >= 0.6 is 0 Å². The molecule has 130 valence electrons. The van der Waals surface area contributed by atoms with Crippen molar-refractivity contribution in [3.05, 3.63) is 47.3 Å². The van der Waals surface area contributed by atoms with Crippen LogP contribution in [0.15, 0.2) is 35.5 Å². The lowest BCUT2D eigenvalue weighted by Gasteiger charge is -2.16. The molecular weight excluding hydrogens is 328 g/mol. The van der Waals surface area contributed by atoms with E-state index < -0.39 is 10.0 Å². The highest BCUT2D eigenvalue weighted by Gasteiger charge is 2.20. The van der Waals surface area contributed by atoms with Crippen LogP contribution in [-0.2, 0) is 16.6 Å². The normalized spacial score (nSPS) is 12.8. The van der Waals surface area contributed by atoms with Crippen molar-refractivity contribution in [1.82, 2.24) is 19.8 Å². The molecule has 0 saturated carbocycles. The maximum Gasteiger partial charge on any atom is 0.251 e. The van der Waals surface area contributed by atoms with Gasteiger partial charge in [0.05, 0.1) is 11.4 Å². The molecule has 1 aromatic heterocycles. The molecule has 2 N–H and O–H groups in total. The standard InChI is InChI=1S/C16H22N4O3S/c1-11-8-14(9-15(13(11)3)24(22,23)17-4)16(21)19-12(2)10-20-7-5-6-18-20/h5-9,12,17H,10H2,1-4H3,(H,19,21). The first-order valence-electron chi connectivity index (χ1n) is 7.57. The van der Waals surface area contributed by atoms with Crippen LogP contribution in [0.25, 0.3) is 0 Å². The molecule has 0 radical (unpaired) electrons. The Kier molecular flexibility index (Phi) is 5.40. The molecule has 0 saturated heterocycles. The third-order valence-corrected chi connectivity index (χ3v) is 5.38. The number of sulfonamides is 1. The predicted molar refractivity (Wildman–Crippen MR) is 91.3 cm³/mol. The minimum Gasteiger partial charge on any atom is -0.348 e. The minimum atomic E-state index is -3.62. The Morgan fingerprint density at radius 2 is 2.04 bits per heavy atom. The van der Waals surface area contributed by atoms with Crippen LogP contribution in [0.5, 0.6) is 0 Å². The summed E-state index contributed by atoms with van der Waals surface area (Å²) >= 11 is 0. The Balaban J connectivity index is 2.23. The van der Waals surface area contributed by atoms with Crippen LogP contribution in [0.1, 0.15) is 28.4 Å². The first kappa shape index (κ1) is 18.2. The Morgan fingerprint density at radius 3 is 2.62 bits per heavy atom. The van der Waals surface area contributed by atoms with E-state index in [9.17, 15) is 13.2 Å². The van der Waals surface area contributed by atoms with E-state index >= 15 is 0 Å². The molecule has 0 spiro atoms. The molecule has 0 bridgehead atoms. The van der Waals surface area contributed by atoms with Gasteiger partial charge in [0.25, 0.3) is 5.91 Å². The molecule has 1 unspecified atom stereocenters. The van der Waals surface area contributed by atoms with Gasteiger partial charge in [-0.3, -0.25) is 9.48 Å². The molecular formula is C16H22N4O3S. The summed E-state index contributed by atoms with van der Waals surface area (Å²) in [6, 6.07) is 4.76. The summed E-state index contributed by atoms with van der Waals surface area (Å²) in [5.41, 5.74) is 1.70. The lowest BCUT2D eigenvalue weighted by atomic mass is 10.1. The molecule has 0 aliphatic carbocycles. The monoisotopic (exact) mass is 350 g/mol. The highest BCUT2D eigenvalue weighted by atomic mass is 32.2. The Bertz CT molecular complexity index is 829. The van der Waals surface area contributed by atoms with Gasteiger partial charge in [0.15, 0.2) is 0 Å². The van der Waals surface area contributed by atoms with Crippen molar-refractivity contribution >= 4 is 15.9 Å². The van der Waals surface area contributed by atoms with Gasteiger partial charge in [-0.1, -0.05) is 0 Å². The third kappa shape index (κ3) is 4.01. The second-order valence-corrected chi connectivity index (χ2v) is 7.58. The fourth-order valence-corrected chi connectivity index (χ4v) is 3.46. The Morgan fingerprint density at radius 1 is 1.33 bits per heavy atom. The highest BCUT2D eigenvalue weighted by Crippen LogP contribution is 2.21. The zero-order valence-electron chi connectivity index (χ0n) is 14.2. The summed E-state index contributed by atoms with van der Waals surface area (Å²) in [6.07, 6.45) is 3.49. The molecule has 7 nitrogen and oxygen atoms in total. The van der Waals surface area contributed by atoms with E-state index in [4.69, 9.17) is 0 Å². The minimum absolute atomic E-state index is 0.120. The van der Waals surface area contributed by atoms with Gasteiger partial charge in [-0.05, 0) is 57.1 Å². The molecule has 24 heavy (non-hydrogen) atoms. The number of benzene rings is 1. The van der Waals surface area contributed by atoms with E-state index in [-0.39, 0.29) is 16.8 Å². The summed E-state index contributed by atoms with van der Waals surface area (Å²) in [5.74, 6) is -0.315. The van der Waals surface area contributed by atoms with Gasteiger partial charge in [-0.25, -0.2) is 13.1 Å². The number of nitrogens with zero attached hydrogens (tertiary/aromatic N) is 2. The molecule has 0 aliphatic heterocycles. The van der Waals surface area contributed by atoms with E-state index in [1.807, 2.05) is 19.2 Å². The number of aryl methyl sites for hydroxylation is 1. The largest absolute Gasteiger partial charge is 0.348 e. The smallest absolute Gasteiger partial charge is 0.251 e. The maximum atomic E-state index is 12.5. The van der Waals surface area contributed by atoms with Crippen LogP contribution in [0.2, 0.25) is 0 Å². The number of nitrogens with one attached hydrogen (secondary N) is 2. The van der Waals surface area contributed by atoms with Gasteiger partial charge in [-0.15, -0.1) is 0 Å². The Labute approximate surface area is 142 Å². The third-order valence-electron chi connectivity index (χ3n) is 3.84. The van der Waals surface area contributed by atoms with Gasteiger partial charge in [0, 0.05) is 24.0 Å². The van der Waals surface area contributed by atoms with Crippen molar-refractivity contribution in [1.29, 1.82) is 0 Å². The van der Waals surface area contributed by atoms with E-state index in [0.717, 1.165) is 5.56 Å². The van der Waals surface area contributed by atoms with Gasteiger partial charge >= 0.3 is 0 Å². The SMILES string of the molecule is CNS(=O)(=O)c1cc(C(=O)NC(C)Cn2cccn2)cc(C)c1C. The molecule has 0 aliphatic rings. The summed E-state index contributed by atoms with van der Waals surface area (Å²) < 4.78 is 28.3. The van der Waals surface area contributed by atoms with E-state index in [2.05, 4.69) is 15.1 Å². The van der Waals surface area contributed by atoms with Crippen molar-refractivity contribution in [2.45, 2.75) is 38.3 Å². The van der Waals surface area contributed by atoms with Gasteiger partial charge in [0.2, 0.25) is 10.0 Å². The summed E-state index contributed by atoms with van der Waals surface area (Å²) in [5, 5.41) is 6.96. The van der Waals surface area contributed by atoms with Crippen LogP contribution < -0.4 is 10.0 Å². The van der Waals surface area contributed by atoms with Crippen molar-refractivity contribution in [2.75, 3.05) is 7.05 Å². The van der Waals surface area contributed by atoms with Crippen molar-refractivity contribution in [3.63, 3.8) is 0 Å². The molecule has 0 fully saturated rings. The average molecular weight is 350 g/mol. The zero-order valence-corrected chi connectivity index (χ0v) is 15.0. The van der Waals surface area contributed by atoms with E-state index in [1.165, 1.54) is 13.1 Å². The molecule has 1 atom stereocenters. The van der Waals surface area contributed by atoms with Crippen LogP contribution in [-0.4, -0.2) is 37.2 Å². The van der Waals surface area contributed by atoms with Crippen LogP contribution in [0.4, 0.5) is 0 Å². The lowest BCUT2D eigenvalue weighted by Crippen LogP contribution is -2.36. The number of rotatable bonds is 6.